The second-order valence-corrected chi connectivity index (χ2v) is 6.11. The molecule has 1 amide bonds. The minimum atomic E-state index is 0.0150. The van der Waals surface area contributed by atoms with Crippen molar-refractivity contribution >= 4 is 28.4 Å². The van der Waals surface area contributed by atoms with E-state index in [-0.39, 0.29) is 5.91 Å². The van der Waals surface area contributed by atoms with E-state index in [0.29, 0.717) is 24.3 Å². The molecule has 0 radical (unpaired) electrons. The Labute approximate surface area is 144 Å². The molecule has 4 rings (SSSR count). The molecule has 0 spiro atoms. The number of nitrogen functional groups attached to an aromatic ring is 1. The monoisotopic (exact) mass is 337 g/mol. The van der Waals surface area contributed by atoms with E-state index in [1.807, 2.05) is 11.9 Å². The molecule has 0 bridgehead atoms. The maximum atomic E-state index is 12.6. The van der Waals surface area contributed by atoms with Crippen molar-refractivity contribution in [3.63, 3.8) is 0 Å². The molecule has 8 nitrogen and oxygen atoms in total. The SMILES string of the molecule is Cn1ncc2c(N3CCN(C(=O)c4cccc(N)c4)CC3)ncnc21. The van der Waals surface area contributed by atoms with Crippen LogP contribution in [-0.4, -0.2) is 56.7 Å². The smallest absolute Gasteiger partial charge is 0.254 e. The van der Waals surface area contributed by atoms with Crippen LogP contribution in [0.5, 0.6) is 0 Å². The van der Waals surface area contributed by atoms with E-state index in [4.69, 9.17) is 5.73 Å². The van der Waals surface area contributed by atoms with Gasteiger partial charge in [-0.25, -0.2) is 9.97 Å². The number of aromatic nitrogens is 4. The lowest BCUT2D eigenvalue weighted by Crippen LogP contribution is -2.49. The summed E-state index contributed by atoms with van der Waals surface area (Å²) < 4.78 is 1.74. The molecule has 0 unspecified atom stereocenters. The highest BCUT2D eigenvalue weighted by Gasteiger charge is 2.24. The van der Waals surface area contributed by atoms with Gasteiger partial charge in [0.05, 0.1) is 11.6 Å². The first-order valence-corrected chi connectivity index (χ1v) is 8.16. The molecule has 1 aliphatic rings. The predicted molar refractivity (Wildman–Crippen MR) is 95.3 cm³/mol. The summed E-state index contributed by atoms with van der Waals surface area (Å²) in [5.41, 5.74) is 7.82. The maximum absolute atomic E-state index is 12.6. The zero-order valence-corrected chi connectivity index (χ0v) is 14.0. The summed E-state index contributed by atoms with van der Waals surface area (Å²) in [6.45, 7) is 2.71. The number of nitrogens with two attached hydrogens (primary N) is 1. The van der Waals surface area contributed by atoms with E-state index in [2.05, 4.69) is 20.0 Å². The second kappa shape index (κ2) is 6.04. The molecule has 1 aromatic carbocycles. The highest BCUT2D eigenvalue weighted by atomic mass is 16.2. The lowest BCUT2D eigenvalue weighted by molar-refractivity contribution is 0.0746. The van der Waals surface area contributed by atoms with E-state index >= 15 is 0 Å². The first-order valence-electron chi connectivity index (χ1n) is 8.16. The number of nitrogens with zero attached hydrogens (tertiary/aromatic N) is 6. The van der Waals surface area contributed by atoms with Crippen LogP contribution in [0.25, 0.3) is 11.0 Å². The minimum Gasteiger partial charge on any atom is -0.399 e. The van der Waals surface area contributed by atoms with Crippen LogP contribution in [0.4, 0.5) is 11.5 Å². The number of carbonyl (C=O) groups excluding carboxylic acids is 1. The third-order valence-corrected chi connectivity index (χ3v) is 4.51. The summed E-state index contributed by atoms with van der Waals surface area (Å²) in [6, 6.07) is 7.11. The molecular weight excluding hydrogens is 318 g/mol. The van der Waals surface area contributed by atoms with Gasteiger partial charge in [-0.3, -0.25) is 9.48 Å². The number of carbonyl (C=O) groups is 1. The van der Waals surface area contributed by atoms with Gasteiger partial charge in [0.2, 0.25) is 0 Å². The van der Waals surface area contributed by atoms with Crippen molar-refractivity contribution in [2.24, 2.45) is 7.05 Å². The zero-order valence-electron chi connectivity index (χ0n) is 14.0. The van der Waals surface area contributed by atoms with Gasteiger partial charge in [-0.2, -0.15) is 5.10 Å². The fraction of sp³-hybridized carbons (Fsp3) is 0.294. The number of piperazine rings is 1. The lowest BCUT2D eigenvalue weighted by Gasteiger charge is -2.35. The first kappa shape index (κ1) is 15.4. The minimum absolute atomic E-state index is 0.0150. The molecule has 8 heteroatoms. The Morgan fingerprint density at radius 1 is 1.16 bits per heavy atom. The lowest BCUT2D eigenvalue weighted by atomic mass is 10.1. The molecule has 25 heavy (non-hydrogen) atoms. The fourth-order valence-electron chi connectivity index (χ4n) is 3.18. The number of benzene rings is 1. The van der Waals surface area contributed by atoms with Gasteiger partial charge in [0.1, 0.15) is 12.1 Å². The third kappa shape index (κ3) is 2.75. The number of hydrogen-bond acceptors (Lipinski definition) is 6. The average Bonchev–Trinajstić information content (AvgIpc) is 3.03. The molecule has 3 aromatic rings. The van der Waals surface area contributed by atoms with Crippen LogP contribution in [0, 0.1) is 0 Å². The molecule has 1 fully saturated rings. The van der Waals surface area contributed by atoms with Crippen molar-refractivity contribution in [1.82, 2.24) is 24.6 Å². The molecule has 1 aliphatic heterocycles. The van der Waals surface area contributed by atoms with Crippen LogP contribution in [0.3, 0.4) is 0 Å². The fourth-order valence-corrected chi connectivity index (χ4v) is 3.18. The first-order chi connectivity index (χ1) is 12.1. The summed E-state index contributed by atoms with van der Waals surface area (Å²) in [5, 5.41) is 5.18. The van der Waals surface area contributed by atoms with Gasteiger partial charge < -0.3 is 15.5 Å². The Bertz CT molecular complexity index is 928. The second-order valence-electron chi connectivity index (χ2n) is 6.11. The average molecular weight is 337 g/mol. The number of aryl methyl sites for hydroxylation is 1. The van der Waals surface area contributed by atoms with Gasteiger partial charge in [0.25, 0.3) is 5.91 Å². The van der Waals surface area contributed by atoms with Crippen molar-refractivity contribution < 1.29 is 4.79 Å². The largest absolute Gasteiger partial charge is 0.399 e. The van der Waals surface area contributed by atoms with Crippen LogP contribution in [0.15, 0.2) is 36.8 Å². The molecule has 2 N–H and O–H groups in total. The standard InChI is InChI=1S/C17H19N7O/c1-22-15-14(10-21-22)16(20-11-19-15)23-5-7-24(8-6-23)17(25)12-3-2-4-13(18)9-12/h2-4,9-11H,5-8,18H2,1H3. The highest BCUT2D eigenvalue weighted by molar-refractivity contribution is 5.95. The number of hydrogen-bond donors (Lipinski definition) is 1. The predicted octanol–water partition coefficient (Wildman–Crippen LogP) is 0.908. The van der Waals surface area contributed by atoms with E-state index < -0.39 is 0 Å². The molecule has 0 aliphatic carbocycles. The topological polar surface area (TPSA) is 93.2 Å². The highest BCUT2D eigenvalue weighted by Crippen LogP contribution is 2.23. The quantitative estimate of drug-likeness (QED) is 0.699. The van der Waals surface area contributed by atoms with Gasteiger partial charge in [-0.15, -0.1) is 0 Å². The summed E-state index contributed by atoms with van der Waals surface area (Å²) in [5.74, 6) is 0.885. The molecule has 128 valence electrons. The Balaban J connectivity index is 1.50. The van der Waals surface area contributed by atoms with Crippen LogP contribution in [0.2, 0.25) is 0 Å². The van der Waals surface area contributed by atoms with Crippen molar-refractivity contribution in [3.05, 3.63) is 42.4 Å². The Kier molecular flexibility index (Phi) is 3.72. The number of amides is 1. The Morgan fingerprint density at radius 3 is 2.72 bits per heavy atom. The van der Waals surface area contributed by atoms with E-state index in [1.54, 1.807) is 41.5 Å². The maximum Gasteiger partial charge on any atom is 0.254 e. The van der Waals surface area contributed by atoms with Crippen LogP contribution >= 0.6 is 0 Å². The molecule has 0 saturated carbocycles. The summed E-state index contributed by atoms with van der Waals surface area (Å²) in [7, 11) is 1.86. The third-order valence-electron chi connectivity index (χ3n) is 4.51. The van der Waals surface area contributed by atoms with Crippen molar-refractivity contribution in [2.45, 2.75) is 0 Å². The molecular formula is C17H19N7O. The summed E-state index contributed by atoms with van der Waals surface area (Å²) in [6.07, 6.45) is 3.35. The molecule has 1 saturated heterocycles. The van der Waals surface area contributed by atoms with Crippen molar-refractivity contribution in [1.29, 1.82) is 0 Å². The molecule has 2 aromatic heterocycles. The summed E-state index contributed by atoms with van der Waals surface area (Å²) >= 11 is 0. The Morgan fingerprint density at radius 2 is 1.96 bits per heavy atom. The van der Waals surface area contributed by atoms with Crippen LogP contribution < -0.4 is 10.6 Å². The van der Waals surface area contributed by atoms with Crippen LogP contribution in [0.1, 0.15) is 10.4 Å². The zero-order chi connectivity index (χ0) is 17.4. The van der Waals surface area contributed by atoms with Gasteiger partial charge in [-0.05, 0) is 18.2 Å². The van der Waals surface area contributed by atoms with E-state index in [0.717, 1.165) is 29.9 Å². The van der Waals surface area contributed by atoms with Crippen molar-refractivity contribution in [2.75, 3.05) is 36.8 Å². The van der Waals surface area contributed by atoms with Crippen LogP contribution in [-0.2, 0) is 7.05 Å². The van der Waals surface area contributed by atoms with E-state index in [9.17, 15) is 4.79 Å². The Hall–Kier alpha value is -3.16. The molecule has 3 heterocycles. The van der Waals surface area contributed by atoms with Crippen molar-refractivity contribution in [3.8, 4) is 0 Å². The number of rotatable bonds is 2. The van der Waals surface area contributed by atoms with Gasteiger partial charge in [0.15, 0.2) is 5.65 Å². The van der Waals surface area contributed by atoms with Gasteiger partial charge in [-0.1, -0.05) is 6.07 Å². The van der Waals surface area contributed by atoms with Gasteiger partial charge in [0, 0.05) is 44.5 Å². The number of fused-ring (bicyclic) bond motifs is 1. The number of anilines is 2. The van der Waals surface area contributed by atoms with Gasteiger partial charge >= 0.3 is 0 Å². The summed E-state index contributed by atoms with van der Waals surface area (Å²) in [4.78, 5) is 25.4. The normalized spacial score (nSPS) is 14.9. The molecule has 0 atom stereocenters. The van der Waals surface area contributed by atoms with E-state index in [1.165, 1.54) is 0 Å².